The van der Waals surface area contributed by atoms with Gasteiger partial charge in [0.2, 0.25) is 4.80 Å². The Labute approximate surface area is 176 Å². The third-order valence-corrected chi connectivity index (χ3v) is 5.04. The summed E-state index contributed by atoms with van der Waals surface area (Å²) in [6.45, 7) is 2.50. The second-order valence-corrected chi connectivity index (χ2v) is 6.98. The molecule has 3 rings (SSSR count). The molecule has 2 aromatic carbocycles. The predicted molar refractivity (Wildman–Crippen MR) is 115 cm³/mol. The summed E-state index contributed by atoms with van der Waals surface area (Å²) in [5.41, 5.74) is 7.95. The van der Waals surface area contributed by atoms with Gasteiger partial charge in [-0.25, -0.2) is 9.47 Å². The minimum absolute atomic E-state index is 0.0293. The molecule has 3 aromatic rings. The molecule has 0 unspecified atom stereocenters. The fraction of sp³-hybridized carbons (Fsp3) is 0.143. The Hall–Kier alpha value is -3.72. The number of primary amides is 1. The summed E-state index contributed by atoms with van der Waals surface area (Å²) < 4.78 is 6.35. The predicted octanol–water partition coefficient (Wildman–Crippen LogP) is 2.61. The summed E-state index contributed by atoms with van der Waals surface area (Å²) in [5, 5.41) is 16.3. The average molecular weight is 424 g/mol. The van der Waals surface area contributed by atoms with E-state index in [1.54, 1.807) is 41.2 Å². The van der Waals surface area contributed by atoms with E-state index in [1.807, 2.05) is 12.3 Å². The number of aromatic nitrogens is 1. The van der Waals surface area contributed by atoms with Crippen molar-refractivity contribution < 1.29 is 19.4 Å². The van der Waals surface area contributed by atoms with Gasteiger partial charge in [0.25, 0.3) is 5.91 Å². The number of carbonyl (C=O) groups excluding carboxylic acids is 2. The van der Waals surface area contributed by atoms with E-state index in [-0.39, 0.29) is 11.3 Å². The first-order valence-corrected chi connectivity index (χ1v) is 9.89. The lowest BCUT2D eigenvalue weighted by atomic mass is 10.1. The van der Waals surface area contributed by atoms with Crippen LogP contribution in [0.15, 0.2) is 57.9 Å². The quantitative estimate of drug-likeness (QED) is 0.467. The minimum atomic E-state index is -0.719. The summed E-state index contributed by atoms with van der Waals surface area (Å²) in [7, 11) is 1.33. The zero-order valence-corrected chi connectivity index (χ0v) is 17.2. The van der Waals surface area contributed by atoms with Crippen LogP contribution in [-0.2, 0) is 4.74 Å². The number of ether oxygens (including phenoxy) is 1. The van der Waals surface area contributed by atoms with E-state index in [9.17, 15) is 14.7 Å². The minimum Gasteiger partial charge on any atom is -0.507 e. The van der Waals surface area contributed by atoms with Crippen molar-refractivity contribution in [3.05, 3.63) is 69.3 Å². The molecular formula is C21H20N4O4S. The van der Waals surface area contributed by atoms with E-state index in [0.717, 1.165) is 5.56 Å². The van der Waals surface area contributed by atoms with Gasteiger partial charge < -0.3 is 15.6 Å². The third kappa shape index (κ3) is 4.47. The highest BCUT2D eigenvalue weighted by molar-refractivity contribution is 7.07. The number of rotatable bonds is 6. The lowest BCUT2D eigenvalue weighted by Crippen LogP contribution is -2.13. The number of nitrogens with two attached hydrogens (primary N) is 1. The molecular weight excluding hydrogens is 404 g/mol. The van der Waals surface area contributed by atoms with Crippen LogP contribution in [-0.4, -0.2) is 41.5 Å². The largest absolute Gasteiger partial charge is 0.507 e. The number of carbonyl (C=O) groups is 2. The zero-order valence-electron chi connectivity index (χ0n) is 16.4. The highest BCUT2D eigenvalue weighted by Crippen LogP contribution is 2.26. The van der Waals surface area contributed by atoms with Gasteiger partial charge in [0.15, 0.2) is 0 Å². The number of esters is 1. The Morgan fingerprint density at radius 3 is 2.60 bits per heavy atom. The van der Waals surface area contributed by atoms with Crippen molar-refractivity contribution in [2.75, 3.05) is 13.7 Å². The monoisotopic (exact) mass is 424 g/mol. The maximum atomic E-state index is 11.6. The Morgan fingerprint density at radius 2 is 1.97 bits per heavy atom. The summed E-state index contributed by atoms with van der Waals surface area (Å²) in [6, 6.07) is 11.4. The SMILES string of the molecule is CCN=c1scc(-c2ccc(O)c(C(N)=O)c2)n1N=Cc1ccc(C(=O)OC)cc1. The summed E-state index contributed by atoms with van der Waals surface area (Å²) in [4.78, 5) is 28.3. The molecule has 9 heteroatoms. The molecule has 1 heterocycles. The normalized spacial score (nSPS) is 11.7. The molecule has 30 heavy (non-hydrogen) atoms. The number of nitrogens with zero attached hydrogens (tertiary/aromatic N) is 3. The van der Waals surface area contributed by atoms with Gasteiger partial charge in [-0.2, -0.15) is 5.10 Å². The van der Waals surface area contributed by atoms with E-state index < -0.39 is 11.9 Å². The van der Waals surface area contributed by atoms with Crippen molar-refractivity contribution in [1.29, 1.82) is 0 Å². The van der Waals surface area contributed by atoms with E-state index in [0.29, 0.717) is 28.2 Å². The van der Waals surface area contributed by atoms with Gasteiger partial charge in [-0.05, 0) is 42.8 Å². The number of hydrogen-bond donors (Lipinski definition) is 2. The molecule has 0 spiro atoms. The summed E-state index contributed by atoms with van der Waals surface area (Å²) in [6.07, 6.45) is 1.64. The molecule has 8 nitrogen and oxygen atoms in total. The average Bonchev–Trinajstić information content (AvgIpc) is 3.15. The van der Waals surface area contributed by atoms with Crippen molar-refractivity contribution >= 4 is 29.4 Å². The Kier molecular flexibility index (Phi) is 6.43. The first-order valence-electron chi connectivity index (χ1n) is 9.01. The van der Waals surface area contributed by atoms with Crippen LogP contribution >= 0.6 is 11.3 Å². The van der Waals surface area contributed by atoms with Crippen LogP contribution in [0.1, 0.15) is 33.2 Å². The highest BCUT2D eigenvalue weighted by Gasteiger charge is 2.13. The smallest absolute Gasteiger partial charge is 0.337 e. The molecule has 0 radical (unpaired) electrons. The molecule has 3 N–H and O–H groups in total. The fourth-order valence-electron chi connectivity index (χ4n) is 2.69. The third-order valence-electron chi connectivity index (χ3n) is 4.19. The van der Waals surface area contributed by atoms with Crippen molar-refractivity contribution in [1.82, 2.24) is 4.68 Å². The molecule has 0 saturated heterocycles. The fourth-order valence-corrected chi connectivity index (χ4v) is 3.60. The van der Waals surface area contributed by atoms with Gasteiger partial charge in [-0.3, -0.25) is 9.79 Å². The van der Waals surface area contributed by atoms with Crippen LogP contribution < -0.4 is 10.5 Å². The second-order valence-electron chi connectivity index (χ2n) is 6.14. The molecule has 0 atom stereocenters. The number of hydrogen-bond acceptors (Lipinski definition) is 7. The summed E-state index contributed by atoms with van der Waals surface area (Å²) >= 11 is 1.40. The van der Waals surface area contributed by atoms with Crippen LogP contribution in [0.25, 0.3) is 11.3 Å². The number of phenols is 1. The number of benzene rings is 2. The standard InChI is InChI=1S/C21H20N4O4S/c1-3-23-21-25(24-11-13-4-6-14(7-5-13)20(28)29-2)17(12-30-21)15-8-9-18(26)16(10-15)19(22)27/h4-12,26H,3H2,1-2H3,(H2,22,27). The number of methoxy groups -OCH3 is 1. The van der Waals surface area contributed by atoms with Crippen molar-refractivity contribution in [3.8, 4) is 17.0 Å². The molecule has 0 saturated carbocycles. The highest BCUT2D eigenvalue weighted by atomic mass is 32.1. The van der Waals surface area contributed by atoms with Crippen LogP contribution in [0, 0.1) is 0 Å². The molecule has 0 bridgehead atoms. The molecule has 0 aliphatic rings. The number of amides is 1. The molecule has 1 amide bonds. The second kappa shape index (κ2) is 9.19. The Balaban J connectivity index is 2.03. The van der Waals surface area contributed by atoms with E-state index in [4.69, 9.17) is 10.5 Å². The molecule has 1 aromatic heterocycles. The van der Waals surface area contributed by atoms with Gasteiger partial charge in [-0.15, -0.1) is 11.3 Å². The van der Waals surface area contributed by atoms with Crippen molar-refractivity contribution in [3.63, 3.8) is 0 Å². The summed E-state index contributed by atoms with van der Waals surface area (Å²) in [5.74, 6) is -1.31. The van der Waals surface area contributed by atoms with Crippen LogP contribution in [0.5, 0.6) is 5.75 Å². The van der Waals surface area contributed by atoms with Crippen LogP contribution in [0.4, 0.5) is 0 Å². The van der Waals surface area contributed by atoms with E-state index in [1.165, 1.54) is 30.6 Å². The maximum Gasteiger partial charge on any atom is 0.337 e. The molecule has 0 aliphatic carbocycles. The topological polar surface area (TPSA) is 119 Å². The Bertz CT molecular complexity index is 1180. The molecule has 0 fully saturated rings. The van der Waals surface area contributed by atoms with Gasteiger partial charge >= 0.3 is 5.97 Å². The van der Waals surface area contributed by atoms with Gasteiger partial charge in [-0.1, -0.05) is 12.1 Å². The van der Waals surface area contributed by atoms with Gasteiger partial charge in [0.1, 0.15) is 5.75 Å². The van der Waals surface area contributed by atoms with Gasteiger partial charge in [0.05, 0.1) is 30.1 Å². The first-order chi connectivity index (χ1) is 14.4. The number of thiazole rings is 1. The number of aromatic hydroxyl groups is 1. The molecule has 154 valence electrons. The first kappa shape index (κ1) is 21.0. The lowest BCUT2D eigenvalue weighted by molar-refractivity contribution is 0.0600. The van der Waals surface area contributed by atoms with E-state index >= 15 is 0 Å². The zero-order chi connectivity index (χ0) is 21.7. The maximum absolute atomic E-state index is 11.6. The van der Waals surface area contributed by atoms with Crippen LogP contribution in [0.3, 0.4) is 0 Å². The van der Waals surface area contributed by atoms with E-state index in [2.05, 4.69) is 10.1 Å². The molecule has 0 aliphatic heterocycles. The van der Waals surface area contributed by atoms with Crippen molar-refractivity contribution in [2.45, 2.75) is 6.92 Å². The van der Waals surface area contributed by atoms with Gasteiger partial charge in [0, 0.05) is 17.5 Å². The van der Waals surface area contributed by atoms with Crippen LogP contribution in [0.2, 0.25) is 0 Å². The van der Waals surface area contributed by atoms with Crippen molar-refractivity contribution in [2.24, 2.45) is 15.8 Å². The Morgan fingerprint density at radius 1 is 1.23 bits per heavy atom. The lowest BCUT2D eigenvalue weighted by Gasteiger charge is -2.06.